The summed E-state index contributed by atoms with van der Waals surface area (Å²) in [6.07, 6.45) is 5.04. The van der Waals surface area contributed by atoms with Crippen LogP contribution in [0.2, 0.25) is 0 Å². The van der Waals surface area contributed by atoms with Gasteiger partial charge in [-0.15, -0.1) is 0 Å². The fourth-order valence-corrected chi connectivity index (χ4v) is 2.36. The minimum absolute atomic E-state index is 0.448. The standard InChI is InChI=1S/C11H18BrN3S/c1-8(4-5-16-3)15(2)11-10(13)6-9(12)7-14-11/h6-8H,4-5,13H2,1-3H3. The molecule has 0 bridgehead atoms. The van der Waals surface area contributed by atoms with Gasteiger partial charge in [0, 0.05) is 23.8 Å². The van der Waals surface area contributed by atoms with Crippen molar-refractivity contribution in [2.24, 2.45) is 0 Å². The number of nitrogens with two attached hydrogens (primary N) is 1. The molecular formula is C11H18BrN3S. The van der Waals surface area contributed by atoms with Gasteiger partial charge in [0.2, 0.25) is 0 Å². The average Bonchev–Trinajstić information content (AvgIpc) is 2.25. The van der Waals surface area contributed by atoms with Crippen molar-refractivity contribution in [1.82, 2.24) is 4.98 Å². The van der Waals surface area contributed by atoms with Crippen molar-refractivity contribution in [1.29, 1.82) is 0 Å². The summed E-state index contributed by atoms with van der Waals surface area (Å²) in [7, 11) is 2.04. The Hall–Kier alpha value is -0.420. The van der Waals surface area contributed by atoms with E-state index in [0.29, 0.717) is 11.7 Å². The Kier molecular flexibility index (Phi) is 5.41. The van der Waals surface area contributed by atoms with Crippen LogP contribution in [0.4, 0.5) is 11.5 Å². The van der Waals surface area contributed by atoms with Crippen LogP contribution in [0, 0.1) is 0 Å². The SMILES string of the molecule is CSCCC(C)N(C)c1ncc(Br)cc1N. The van der Waals surface area contributed by atoms with Gasteiger partial charge in [0.15, 0.2) is 5.82 Å². The summed E-state index contributed by atoms with van der Waals surface area (Å²) in [5.41, 5.74) is 6.67. The molecule has 3 nitrogen and oxygen atoms in total. The molecule has 0 spiro atoms. The molecule has 1 rings (SSSR count). The number of hydrogen-bond acceptors (Lipinski definition) is 4. The Bertz CT molecular complexity index is 346. The van der Waals surface area contributed by atoms with Gasteiger partial charge in [-0.2, -0.15) is 11.8 Å². The molecule has 0 saturated heterocycles. The van der Waals surface area contributed by atoms with Gasteiger partial charge in [0.1, 0.15) is 0 Å². The molecule has 1 atom stereocenters. The van der Waals surface area contributed by atoms with Gasteiger partial charge in [-0.1, -0.05) is 0 Å². The fourth-order valence-electron chi connectivity index (χ4n) is 1.43. The highest BCUT2D eigenvalue weighted by atomic mass is 79.9. The zero-order valence-electron chi connectivity index (χ0n) is 9.90. The number of nitrogens with zero attached hydrogens (tertiary/aromatic N) is 2. The number of anilines is 2. The number of hydrogen-bond donors (Lipinski definition) is 1. The second kappa shape index (κ2) is 6.35. The first kappa shape index (κ1) is 13.6. The zero-order valence-corrected chi connectivity index (χ0v) is 12.3. The molecule has 0 amide bonds. The van der Waals surface area contributed by atoms with E-state index in [9.17, 15) is 0 Å². The third kappa shape index (κ3) is 3.56. The van der Waals surface area contributed by atoms with E-state index in [4.69, 9.17) is 5.73 Å². The molecule has 2 N–H and O–H groups in total. The van der Waals surface area contributed by atoms with E-state index in [1.54, 1.807) is 6.20 Å². The lowest BCUT2D eigenvalue weighted by Crippen LogP contribution is -2.30. The van der Waals surface area contributed by atoms with E-state index in [2.05, 4.69) is 39.0 Å². The predicted molar refractivity (Wildman–Crippen MR) is 77.2 cm³/mol. The van der Waals surface area contributed by atoms with Crippen molar-refractivity contribution in [3.05, 3.63) is 16.7 Å². The summed E-state index contributed by atoms with van der Waals surface area (Å²) in [6, 6.07) is 2.34. The molecule has 16 heavy (non-hydrogen) atoms. The average molecular weight is 304 g/mol. The summed E-state index contributed by atoms with van der Waals surface area (Å²) in [6.45, 7) is 2.19. The van der Waals surface area contributed by atoms with Gasteiger partial charge in [-0.25, -0.2) is 4.98 Å². The number of aromatic nitrogens is 1. The minimum atomic E-state index is 0.448. The van der Waals surface area contributed by atoms with Crippen molar-refractivity contribution in [3.8, 4) is 0 Å². The second-order valence-corrected chi connectivity index (χ2v) is 5.71. The molecule has 0 aliphatic carbocycles. The van der Waals surface area contributed by atoms with Crippen molar-refractivity contribution in [2.75, 3.05) is 29.7 Å². The molecule has 0 aromatic carbocycles. The Morgan fingerprint density at radius 2 is 2.31 bits per heavy atom. The largest absolute Gasteiger partial charge is 0.396 e. The Labute approximate surface area is 110 Å². The van der Waals surface area contributed by atoms with Crippen LogP contribution in [0.15, 0.2) is 16.7 Å². The van der Waals surface area contributed by atoms with Crippen LogP contribution < -0.4 is 10.6 Å². The molecule has 0 radical (unpaired) electrons. The molecule has 0 saturated carbocycles. The van der Waals surface area contributed by atoms with Crippen LogP contribution in [0.1, 0.15) is 13.3 Å². The molecule has 5 heteroatoms. The maximum absolute atomic E-state index is 5.95. The lowest BCUT2D eigenvalue weighted by atomic mass is 10.2. The molecule has 0 fully saturated rings. The summed E-state index contributed by atoms with van der Waals surface area (Å²) in [5, 5.41) is 0. The third-order valence-corrected chi connectivity index (χ3v) is 3.67. The van der Waals surface area contributed by atoms with Gasteiger partial charge in [-0.05, 0) is 47.3 Å². The quantitative estimate of drug-likeness (QED) is 0.908. The first-order chi connectivity index (χ1) is 7.56. The van der Waals surface area contributed by atoms with Crippen LogP contribution in [0.5, 0.6) is 0 Å². The Morgan fingerprint density at radius 1 is 1.62 bits per heavy atom. The van der Waals surface area contributed by atoms with Crippen LogP contribution in [0.25, 0.3) is 0 Å². The highest BCUT2D eigenvalue weighted by Gasteiger charge is 2.13. The first-order valence-corrected chi connectivity index (χ1v) is 7.37. The number of rotatable bonds is 5. The highest BCUT2D eigenvalue weighted by molar-refractivity contribution is 9.10. The van der Waals surface area contributed by atoms with E-state index >= 15 is 0 Å². The third-order valence-electron chi connectivity index (χ3n) is 2.60. The number of thioether (sulfide) groups is 1. The number of nitrogen functional groups attached to an aromatic ring is 1. The Morgan fingerprint density at radius 3 is 2.88 bits per heavy atom. The van der Waals surface area contributed by atoms with Crippen LogP contribution in [-0.4, -0.2) is 30.1 Å². The molecule has 90 valence electrons. The van der Waals surface area contributed by atoms with E-state index in [1.807, 2.05) is 24.9 Å². The van der Waals surface area contributed by atoms with Gasteiger partial charge in [0.05, 0.1) is 5.69 Å². The van der Waals surface area contributed by atoms with Gasteiger partial charge in [0.25, 0.3) is 0 Å². The zero-order chi connectivity index (χ0) is 12.1. The first-order valence-electron chi connectivity index (χ1n) is 5.19. The smallest absolute Gasteiger partial charge is 0.151 e. The molecule has 1 unspecified atom stereocenters. The van der Waals surface area contributed by atoms with Gasteiger partial charge >= 0.3 is 0 Å². The molecule has 0 aliphatic heterocycles. The molecular weight excluding hydrogens is 286 g/mol. The fraction of sp³-hybridized carbons (Fsp3) is 0.545. The van der Waals surface area contributed by atoms with E-state index in [0.717, 1.165) is 22.5 Å². The molecule has 1 aromatic rings. The summed E-state index contributed by atoms with van der Waals surface area (Å²) < 4.78 is 0.916. The summed E-state index contributed by atoms with van der Waals surface area (Å²) in [4.78, 5) is 6.49. The minimum Gasteiger partial charge on any atom is -0.396 e. The summed E-state index contributed by atoms with van der Waals surface area (Å²) >= 11 is 5.22. The summed E-state index contributed by atoms with van der Waals surface area (Å²) in [5.74, 6) is 2.01. The van der Waals surface area contributed by atoms with Crippen LogP contribution in [-0.2, 0) is 0 Å². The maximum Gasteiger partial charge on any atom is 0.151 e. The molecule has 0 aliphatic rings. The topological polar surface area (TPSA) is 42.2 Å². The van der Waals surface area contributed by atoms with Crippen molar-refractivity contribution in [2.45, 2.75) is 19.4 Å². The normalized spacial score (nSPS) is 12.5. The maximum atomic E-state index is 5.95. The molecule has 1 heterocycles. The van der Waals surface area contributed by atoms with E-state index < -0.39 is 0 Å². The highest BCUT2D eigenvalue weighted by Crippen LogP contribution is 2.24. The number of pyridine rings is 1. The number of halogens is 1. The van der Waals surface area contributed by atoms with Crippen LogP contribution >= 0.6 is 27.7 Å². The molecule has 1 aromatic heterocycles. The van der Waals surface area contributed by atoms with Crippen LogP contribution in [0.3, 0.4) is 0 Å². The lowest BCUT2D eigenvalue weighted by Gasteiger charge is -2.26. The van der Waals surface area contributed by atoms with Crippen molar-refractivity contribution >= 4 is 39.2 Å². The monoisotopic (exact) mass is 303 g/mol. The second-order valence-electron chi connectivity index (χ2n) is 3.81. The van der Waals surface area contributed by atoms with Gasteiger partial charge < -0.3 is 10.6 Å². The van der Waals surface area contributed by atoms with Crippen molar-refractivity contribution < 1.29 is 0 Å². The van der Waals surface area contributed by atoms with E-state index in [1.165, 1.54) is 0 Å². The Balaban J connectivity index is 2.75. The lowest BCUT2D eigenvalue weighted by molar-refractivity contribution is 0.663. The van der Waals surface area contributed by atoms with Gasteiger partial charge in [-0.3, -0.25) is 0 Å². The van der Waals surface area contributed by atoms with E-state index in [-0.39, 0.29) is 0 Å². The predicted octanol–water partition coefficient (Wildman–Crippen LogP) is 3.00. The van der Waals surface area contributed by atoms with Crippen molar-refractivity contribution in [3.63, 3.8) is 0 Å².